The van der Waals surface area contributed by atoms with E-state index in [1.54, 1.807) is 12.1 Å². The van der Waals surface area contributed by atoms with Gasteiger partial charge in [0.25, 0.3) is 0 Å². The Labute approximate surface area is 101 Å². The van der Waals surface area contributed by atoms with Crippen LogP contribution in [0.1, 0.15) is 31.2 Å². The number of aliphatic hydroxyl groups excluding tert-OH is 1. The van der Waals surface area contributed by atoms with E-state index in [4.69, 9.17) is 5.11 Å². The van der Waals surface area contributed by atoms with Crippen LogP contribution in [0.5, 0.6) is 0 Å². The highest BCUT2D eigenvalue weighted by Gasteiger charge is 2.45. The van der Waals surface area contributed by atoms with Crippen LogP contribution in [-0.4, -0.2) is 24.8 Å². The smallest absolute Gasteiger partial charge is 0.129 e. The Bertz CT molecular complexity index is 426. The number of β-amino-alcohol motifs (C(OH)–C–C–N with tert-alkyl or cyclic N) is 1. The maximum atomic E-state index is 14.1. The van der Waals surface area contributed by atoms with Crippen LogP contribution in [0.4, 0.5) is 10.1 Å². The second kappa shape index (κ2) is 3.98. The van der Waals surface area contributed by atoms with Gasteiger partial charge in [-0.3, -0.25) is 0 Å². The molecular weight excluding hydrogens is 217 g/mol. The van der Waals surface area contributed by atoms with Crippen LogP contribution in [0.25, 0.3) is 0 Å². The van der Waals surface area contributed by atoms with E-state index in [0.29, 0.717) is 6.54 Å². The first-order valence-corrected chi connectivity index (χ1v) is 6.42. The highest BCUT2D eigenvalue weighted by molar-refractivity contribution is 5.63. The van der Waals surface area contributed by atoms with Crippen LogP contribution in [-0.2, 0) is 5.41 Å². The molecule has 1 spiro atoms. The third kappa shape index (κ3) is 1.56. The Morgan fingerprint density at radius 1 is 1.29 bits per heavy atom. The van der Waals surface area contributed by atoms with E-state index >= 15 is 0 Å². The predicted molar refractivity (Wildman–Crippen MR) is 65.8 cm³/mol. The first-order valence-electron chi connectivity index (χ1n) is 6.42. The summed E-state index contributed by atoms with van der Waals surface area (Å²) in [5, 5.41) is 9.12. The van der Waals surface area contributed by atoms with Crippen molar-refractivity contribution in [3.8, 4) is 0 Å². The summed E-state index contributed by atoms with van der Waals surface area (Å²) >= 11 is 0. The van der Waals surface area contributed by atoms with E-state index in [1.165, 1.54) is 12.8 Å². The number of benzene rings is 1. The number of halogens is 1. The molecule has 1 aliphatic carbocycles. The zero-order valence-electron chi connectivity index (χ0n) is 9.95. The van der Waals surface area contributed by atoms with E-state index in [1.807, 2.05) is 6.07 Å². The van der Waals surface area contributed by atoms with Gasteiger partial charge in [0.15, 0.2) is 0 Å². The van der Waals surface area contributed by atoms with Gasteiger partial charge in [-0.25, -0.2) is 4.39 Å². The summed E-state index contributed by atoms with van der Waals surface area (Å²) in [5.41, 5.74) is 1.93. The second-order valence-electron chi connectivity index (χ2n) is 5.27. The predicted octanol–water partition coefficient (Wildman–Crippen LogP) is 2.45. The molecule has 1 heterocycles. The number of fused-ring (bicyclic) bond motifs is 2. The molecule has 3 heteroatoms. The molecule has 17 heavy (non-hydrogen) atoms. The van der Waals surface area contributed by atoms with E-state index in [-0.39, 0.29) is 17.8 Å². The first kappa shape index (κ1) is 11.0. The number of aliphatic hydroxyl groups is 1. The molecule has 0 radical (unpaired) electrons. The molecule has 2 aliphatic rings. The summed E-state index contributed by atoms with van der Waals surface area (Å²) in [7, 11) is 0. The molecule has 1 N–H and O–H groups in total. The minimum atomic E-state index is -0.0650. The fourth-order valence-electron chi connectivity index (χ4n) is 3.61. The van der Waals surface area contributed by atoms with E-state index in [0.717, 1.165) is 30.6 Å². The Balaban J connectivity index is 2.08. The fraction of sp³-hybridized carbons (Fsp3) is 0.571. The van der Waals surface area contributed by atoms with E-state index in [2.05, 4.69) is 4.90 Å². The van der Waals surface area contributed by atoms with Crippen LogP contribution in [0.2, 0.25) is 0 Å². The number of nitrogens with zero attached hydrogens (tertiary/aromatic N) is 1. The Morgan fingerprint density at radius 2 is 2.06 bits per heavy atom. The third-order valence-electron chi connectivity index (χ3n) is 4.29. The molecule has 1 saturated carbocycles. The van der Waals surface area contributed by atoms with Crippen molar-refractivity contribution in [3.05, 3.63) is 29.6 Å². The monoisotopic (exact) mass is 235 g/mol. The minimum Gasteiger partial charge on any atom is -0.395 e. The first-order chi connectivity index (χ1) is 8.27. The molecule has 92 valence electrons. The summed E-state index contributed by atoms with van der Waals surface area (Å²) in [6, 6.07) is 5.33. The van der Waals surface area contributed by atoms with Crippen molar-refractivity contribution in [3.63, 3.8) is 0 Å². The van der Waals surface area contributed by atoms with Gasteiger partial charge >= 0.3 is 0 Å². The van der Waals surface area contributed by atoms with Crippen LogP contribution in [0, 0.1) is 5.82 Å². The number of hydrogen-bond acceptors (Lipinski definition) is 2. The SMILES string of the molecule is OCCN1CC2(CCCC2)c2c(F)cccc21. The topological polar surface area (TPSA) is 23.5 Å². The number of anilines is 1. The largest absolute Gasteiger partial charge is 0.395 e. The summed E-state index contributed by atoms with van der Waals surface area (Å²) < 4.78 is 14.1. The van der Waals surface area contributed by atoms with Gasteiger partial charge in [-0.15, -0.1) is 0 Å². The van der Waals surface area contributed by atoms with Gasteiger partial charge in [-0.1, -0.05) is 18.9 Å². The standard InChI is InChI=1S/C14H18FNO/c15-11-4-3-5-12-13(11)14(6-1-2-7-14)10-16(12)8-9-17/h3-5,17H,1-2,6-10H2. The van der Waals surface area contributed by atoms with Gasteiger partial charge in [0.2, 0.25) is 0 Å². The average molecular weight is 235 g/mol. The van der Waals surface area contributed by atoms with Crippen LogP contribution in [0.3, 0.4) is 0 Å². The lowest BCUT2D eigenvalue weighted by Crippen LogP contribution is -2.33. The fourth-order valence-corrected chi connectivity index (χ4v) is 3.61. The zero-order chi connectivity index (χ0) is 11.9. The summed E-state index contributed by atoms with van der Waals surface area (Å²) in [5.74, 6) is -0.0650. The van der Waals surface area contributed by atoms with Crippen molar-refractivity contribution in [2.45, 2.75) is 31.1 Å². The molecule has 0 aromatic heterocycles. The summed E-state index contributed by atoms with van der Waals surface area (Å²) in [4.78, 5) is 2.14. The molecule has 1 aliphatic heterocycles. The van der Waals surface area contributed by atoms with Crippen molar-refractivity contribution in [1.82, 2.24) is 0 Å². The lowest BCUT2D eigenvalue weighted by molar-refractivity contribution is 0.299. The van der Waals surface area contributed by atoms with Crippen LogP contribution >= 0.6 is 0 Å². The zero-order valence-corrected chi connectivity index (χ0v) is 9.95. The average Bonchev–Trinajstić information content (AvgIpc) is 2.88. The van der Waals surface area contributed by atoms with E-state index < -0.39 is 0 Å². The van der Waals surface area contributed by atoms with E-state index in [9.17, 15) is 4.39 Å². The summed E-state index contributed by atoms with van der Waals surface area (Å²) in [6.45, 7) is 1.62. The van der Waals surface area contributed by atoms with Crippen molar-refractivity contribution >= 4 is 5.69 Å². The molecule has 0 unspecified atom stereocenters. The van der Waals surface area contributed by atoms with Gasteiger partial charge < -0.3 is 10.0 Å². The van der Waals surface area contributed by atoms with Gasteiger partial charge in [0.1, 0.15) is 5.82 Å². The highest BCUT2D eigenvalue weighted by atomic mass is 19.1. The maximum Gasteiger partial charge on any atom is 0.129 e. The molecule has 0 bridgehead atoms. The molecule has 0 atom stereocenters. The van der Waals surface area contributed by atoms with Crippen molar-refractivity contribution < 1.29 is 9.50 Å². The Kier molecular flexibility index (Phi) is 2.58. The van der Waals surface area contributed by atoms with Gasteiger partial charge in [-0.2, -0.15) is 0 Å². The molecular formula is C14H18FNO. The molecule has 3 rings (SSSR count). The number of hydrogen-bond donors (Lipinski definition) is 1. The van der Waals surface area contributed by atoms with Crippen LogP contribution < -0.4 is 4.90 Å². The minimum absolute atomic E-state index is 0.0237. The van der Waals surface area contributed by atoms with Gasteiger partial charge in [0.05, 0.1) is 6.61 Å². The molecule has 0 saturated heterocycles. The second-order valence-corrected chi connectivity index (χ2v) is 5.27. The Hall–Kier alpha value is -1.09. The molecule has 1 aromatic carbocycles. The van der Waals surface area contributed by atoms with Crippen LogP contribution in [0.15, 0.2) is 18.2 Å². The lowest BCUT2D eigenvalue weighted by atomic mass is 9.80. The van der Waals surface area contributed by atoms with Crippen molar-refractivity contribution in [2.24, 2.45) is 0 Å². The van der Waals surface area contributed by atoms with Gasteiger partial charge in [0, 0.05) is 29.8 Å². The number of rotatable bonds is 2. The molecule has 2 nitrogen and oxygen atoms in total. The van der Waals surface area contributed by atoms with Crippen molar-refractivity contribution in [1.29, 1.82) is 0 Å². The van der Waals surface area contributed by atoms with Crippen molar-refractivity contribution in [2.75, 3.05) is 24.6 Å². The maximum absolute atomic E-state index is 14.1. The highest BCUT2D eigenvalue weighted by Crippen LogP contribution is 2.51. The third-order valence-corrected chi connectivity index (χ3v) is 4.29. The normalized spacial score (nSPS) is 21.2. The molecule has 1 fully saturated rings. The summed E-state index contributed by atoms with van der Waals surface area (Å²) in [6.07, 6.45) is 4.56. The molecule has 1 aromatic rings. The lowest BCUT2D eigenvalue weighted by Gasteiger charge is -2.25. The Morgan fingerprint density at radius 3 is 2.76 bits per heavy atom. The van der Waals surface area contributed by atoms with Gasteiger partial charge in [-0.05, 0) is 25.0 Å². The quantitative estimate of drug-likeness (QED) is 0.851. The molecule has 0 amide bonds.